The van der Waals surface area contributed by atoms with E-state index in [0.717, 1.165) is 35.4 Å². The van der Waals surface area contributed by atoms with Crippen LogP contribution in [0, 0.1) is 6.92 Å². The molecule has 2 aromatic rings. The number of aryl methyl sites for hydroxylation is 2. The molecule has 1 saturated heterocycles. The molecular weight excluding hydrogens is 386 g/mol. The molecule has 2 amide bonds. The number of rotatable bonds is 1. The molecule has 0 saturated carbocycles. The highest BCUT2D eigenvalue weighted by molar-refractivity contribution is 9.10. The van der Waals surface area contributed by atoms with Crippen molar-refractivity contribution in [1.29, 1.82) is 0 Å². The van der Waals surface area contributed by atoms with E-state index in [1.165, 1.54) is 4.57 Å². The standard InChI is InChI=1S/C17H18BrN5O2/c1-10-3-4-14-15(19-10)23(12-5-6-22(14)9-12)17(25)20-13-7-11(18)8-21(2)16(13)24/h3-4,7-8,12H,5-6,9H2,1-2H3,(H,20,25). The molecule has 0 radical (unpaired) electrons. The summed E-state index contributed by atoms with van der Waals surface area (Å²) in [5.41, 5.74) is 1.82. The molecule has 1 N–H and O–H groups in total. The zero-order valence-corrected chi connectivity index (χ0v) is 15.6. The minimum atomic E-state index is -0.318. The fourth-order valence-electron chi connectivity index (χ4n) is 3.50. The van der Waals surface area contributed by atoms with Gasteiger partial charge in [-0.3, -0.25) is 9.69 Å². The van der Waals surface area contributed by atoms with Crippen molar-refractivity contribution in [3.05, 3.63) is 44.9 Å². The Balaban J connectivity index is 1.72. The number of hydrogen-bond acceptors (Lipinski definition) is 4. The number of nitrogens with one attached hydrogen (secondary N) is 1. The van der Waals surface area contributed by atoms with Gasteiger partial charge < -0.3 is 14.8 Å². The predicted molar refractivity (Wildman–Crippen MR) is 100 cm³/mol. The Morgan fingerprint density at radius 1 is 1.40 bits per heavy atom. The number of hydrogen-bond donors (Lipinski definition) is 1. The van der Waals surface area contributed by atoms with Crippen molar-refractivity contribution in [3.63, 3.8) is 0 Å². The lowest BCUT2D eigenvalue weighted by molar-refractivity contribution is 0.255. The van der Waals surface area contributed by atoms with Crippen LogP contribution in [0.4, 0.5) is 22.0 Å². The van der Waals surface area contributed by atoms with Crippen molar-refractivity contribution in [2.24, 2.45) is 7.05 Å². The molecule has 0 spiro atoms. The van der Waals surface area contributed by atoms with Gasteiger partial charge in [0.25, 0.3) is 5.56 Å². The van der Waals surface area contributed by atoms with Gasteiger partial charge in [0.15, 0.2) is 5.82 Å². The van der Waals surface area contributed by atoms with Crippen LogP contribution in [0.1, 0.15) is 12.1 Å². The lowest BCUT2D eigenvalue weighted by Crippen LogP contribution is -2.49. The molecule has 1 atom stereocenters. The Morgan fingerprint density at radius 3 is 3.00 bits per heavy atom. The fraction of sp³-hybridized carbons (Fsp3) is 0.353. The highest BCUT2D eigenvalue weighted by Crippen LogP contribution is 2.38. The largest absolute Gasteiger partial charge is 0.366 e. The maximum atomic E-state index is 13.0. The van der Waals surface area contributed by atoms with Crippen LogP contribution in [0.2, 0.25) is 0 Å². The smallest absolute Gasteiger partial charge is 0.328 e. The van der Waals surface area contributed by atoms with Crippen LogP contribution in [0.25, 0.3) is 0 Å². The zero-order valence-electron chi connectivity index (χ0n) is 14.0. The Labute approximate surface area is 153 Å². The van der Waals surface area contributed by atoms with Crippen LogP contribution in [-0.2, 0) is 7.05 Å². The number of nitrogens with zero attached hydrogens (tertiary/aromatic N) is 4. The third-order valence-electron chi connectivity index (χ3n) is 4.70. The highest BCUT2D eigenvalue weighted by Gasteiger charge is 2.40. The van der Waals surface area contributed by atoms with Gasteiger partial charge in [-0.1, -0.05) is 0 Å². The van der Waals surface area contributed by atoms with Crippen molar-refractivity contribution in [2.45, 2.75) is 19.4 Å². The molecule has 2 bridgehead atoms. The van der Waals surface area contributed by atoms with Crippen LogP contribution >= 0.6 is 15.9 Å². The summed E-state index contributed by atoms with van der Waals surface area (Å²) in [5.74, 6) is 0.665. The third-order valence-corrected chi connectivity index (χ3v) is 5.14. The predicted octanol–water partition coefficient (Wildman–Crippen LogP) is 2.48. The maximum Gasteiger partial charge on any atom is 0.328 e. The van der Waals surface area contributed by atoms with E-state index >= 15 is 0 Å². The Hall–Kier alpha value is -2.35. The van der Waals surface area contributed by atoms with Crippen molar-refractivity contribution in [2.75, 3.05) is 28.2 Å². The summed E-state index contributed by atoms with van der Waals surface area (Å²) < 4.78 is 2.16. The Kier molecular flexibility index (Phi) is 3.79. The normalized spacial score (nSPS) is 18.3. The van der Waals surface area contributed by atoms with Gasteiger partial charge in [0.2, 0.25) is 0 Å². The molecule has 1 unspecified atom stereocenters. The Bertz CT molecular complexity index is 926. The average Bonchev–Trinajstić information content (AvgIpc) is 2.96. The van der Waals surface area contributed by atoms with E-state index in [-0.39, 0.29) is 23.3 Å². The van der Waals surface area contributed by atoms with Crippen molar-refractivity contribution in [1.82, 2.24) is 9.55 Å². The summed E-state index contributed by atoms with van der Waals surface area (Å²) in [7, 11) is 1.65. The number of carbonyl (C=O) groups is 1. The van der Waals surface area contributed by atoms with Gasteiger partial charge >= 0.3 is 6.03 Å². The zero-order chi connectivity index (χ0) is 17.7. The van der Waals surface area contributed by atoms with Crippen molar-refractivity contribution in [3.8, 4) is 0 Å². The summed E-state index contributed by atoms with van der Waals surface area (Å²) in [6, 6.07) is 5.34. The van der Waals surface area contributed by atoms with E-state index in [1.54, 1.807) is 24.2 Å². The molecule has 1 fully saturated rings. The second kappa shape index (κ2) is 5.87. The first-order valence-electron chi connectivity index (χ1n) is 8.13. The van der Waals surface area contributed by atoms with Crippen molar-refractivity contribution >= 4 is 39.2 Å². The number of aromatic nitrogens is 2. The Morgan fingerprint density at radius 2 is 2.20 bits per heavy atom. The highest BCUT2D eigenvalue weighted by atomic mass is 79.9. The van der Waals surface area contributed by atoms with Crippen LogP contribution in [0.3, 0.4) is 0 Å². The molecular formula is C17H18BrN5O2. The molecule has 0 aliphatic carbocycles. The van der Waals surface area contributed by atoms with Crippen LogP contribution < -0.4 is 20.7 Å². The van der Waals surface area contributed by atoms with Gasteiger partial charge in [-0.05, 0) is 47.5 Å². The van der Waals surface area contributed by atoms with E-state index in [0.29, 0.717) is 5.82 Å². The first-order chi connectivity index (χ1) is 11.9. The number of anilines is 3. The SMILES string of the molecule is Cc1ccc2c(n1)N(C(=O)Nc1cc(Br)cn(C)c1=O)C1CCN2C1. The lowest BCUT2D eigenvalue weighted by atomic mass is 10.2. The van der Waals surface area contributed by atoms with Crippen LogP contribution in [-0.4, -0.2) is 34.7 Å². The second-order valence-electron chi connectivity index (χ2n) is 6.47. The molecule has 130 valence electrons. The lowest BCUT2D eigenvalue weighted by Gasteiger charge is -2.35. The first-order valence-corrected chi connectivity index (χ1v) is 8.92. The fourth-order valence-corrected chi connectivity index (χ4v) is 4.04. The van der Waals surface area contributed by atoms with E-state index < -0.39 is 0 Å². The quantitative estimate of drug-likeness (QED) is 0.793. The second-order valence-corrected chi connectivity index (χ2v) is 7.39. The minimum Gasteiger partial charge on any atom is -0.366 e. The summed E-state index contributed by atoms with van der Waals surface area (Å²) >= 11 is 3.36. The number of fused-ring (bicyclic) bond motifs is 4. The molecule has 25 heavy (non-hydrogen) atoms. The van der Waals surface area contributed by atoms with E-state index in [9.17, 15) is 9.59 Å². The number of carbonyl (C=O) groups excluding carboxylic acids is 1. The molecule has 7 nitrogen and oxygen atoms in total. The van der Waals surface area contributed by atoms with E-state index in [4.69, 9.17) is 0 Å². The van der Waals surface area contributed by atoms with E-state index in [1.807, 2.05) is 19.1 Å². The van der Waals surface area contributed by atoms with Gasteiger partial charge in [-0.25, -0.2) is 9.78 Å². The number of pyridine rings is 2. The third kappa shape index (κ3) is 2.70. The monoisotopic (exact) mass is 403 g/mol. The van der Waals surface area contributed by atoms with Gasteiger partial charge in [0, 0.05) is 36.5 Å². The average molecular weight is 404 g/mol. The number of halogens is 1. The summed E-state index contributed by atoms with van der Waals surface area (Å²) in [5, 5.41) is 2.77. The van der Waals surface area contributed by atoms with E-state index in [2.05, 4.69) is 31.1 Å². The van der Waals surface area contributed by atoms with Gasteiger partial charge in [-0.2, -0.15) is 0 Å². The molecule has 2 aliphatic heterocycles. The van der Waals surface area contributed by atoms with Gasteiger partial charge in [-0.15, -0.1) is 0 Å². The molecule has 8 heteroatoms. The summed E-state index contributed by atoms with van der Waals surface area (Å²) in [6.07, 6.45) is 2.55. The molecule has 0 aromatic carbocycles. The maximum absolute atomic E-state index is 13.0. The van der Waals surface area contributed by atoms with Crippen LogP contribution in [0.5, 0.6) is 0 Å². The molecule has 2 aromatic heterocycles. The number of urea groups is 1. The van der Waals surface area contributed by atoms with Crippen molar-refractivity contribution < 1.29 is 4.79 Å². The summed E-state index contributed by atoms with van der Waals surface area (Å²) in [6.45, 7) is 3.61. The minimum absolute atomic E-state index is 0.0674. The topological polar surface area (TPSA) is 70.5 Å². The number of amides is 2. The van der Waals surface area contributed by atoms with Gasteiger partial charge in [0.05, 0.1) is 11.7 Å². The van der Waals surface area contributed by atoms with Gasteiger partial charge in [0.1, 0.15) is 5.69 Å². The summed E-state index contributed by atoms with van der Waals surface area (Å²) in [4.78, 5) is 33.8. The molecule has 4 heterocycles. The first kappa shape index (κ1) is 16.1. The molecule has 4 rings (SSSR count). The van der Waals surface area contributed by atoms with Crippen LogP contribution in [0.15, 0.2) is 33.7 Å². The molecule has 2 aliphatic rings.